The van der Waals surface area contributed by atoms with E-state index in [1.807, 2.05) is 0 Å². The summed E-state index contributed by atoms with van der Waals surface area (Å²) in [6.45, 7) is 0. The molecule has 2 aromatic rings. The van der Waals surface area contributed by atoms with E-state index in [1.54, 1.807) is 18.3 Å². The minimum atomic E-state index is -1.46. The summed E-state index contributed by atoms with van der Waals surface area (Å²) in [6, 6.07) is 6.08. The van der Waals surface area contributed by atoms with Gasteiger partial charge in [0.15, 0.2) is 0 Å². The lowest BCUT2D eigenvalue weighted by molar-refractivity contribution is -0.131. The number of ketones is 1. The van der Waals surface area contributed by atoms with Crippen LogP contribution in [0.15, 0.2) is 36.7 Å². The van der Waals surface area contributed by atoms with E-state index in [0.29, 0.717) is 5.69 Å². The van der Waals surface area contributed by atoms with Crippen LogP contribution in [0.2, 0.25) is 0 Å². The van der Waals surface area contributed by atoms with Crippen molar-refractivity contribution in [3.63, 3.8) is 0 Å². The SMILES string of the molecule is O=C(O)C(=O)c1ccc(-n2ccnn2)cc1. The minimum Gasteiger partial charge on any atom is -0.475 e. The topological polar surface area (TPSA) is 85.1 Å². The van der Waals surface area contributed by atoms with E-state index in [0.717, 1.165) is 0 Å². The quantitative estimate of drug-likeness (QED) is 0.598. The number of hydrogen-bond acceptors (Lipinski definition) is 4. The number of carbonyl (C=O) groups is 2. The fourth-order valence-electron chi connectivity index (χ4n) is 1.23. The van der Waals surface area contributed by atoms with Gasteiger partial charge in [0.2, 0.25) is 0 Å². The molecule has 0 fully saturated rings. The number of benzene rings is 1. The molecule has 2 rings (SSSR count). The predicted molar refractivity (Wildman–Crippen MR) is 53.3 cm³/mol. The van der Waals surface area contributed by atoms with Crippen LogP contribution in [-0.2, 0) is 4.79 Å². The molecule has 80 valence electrons. The summed E-state index contributed by atoms with van der Waals surface area (Å²) >= 11 is 0. The second kappa shape index (κ2) is 3.93. The Morgan fingerprint density at radius 1 is 1.19 bits per heavy atom. The molecule has 0 aliphatic rings. The van der Waals surface area contributed by atoms with Crippen LogP contribution >= 0.6 is 0 Å². The number of aliphatic carboxylic acids is 1. The lowest BCUT2D eigenvalue weighted by Gasteiger charge is -2.00. The Balaban J connectivity index is 2.30. The van der Waals surface area contributed by atoms with Crippen molar-refractivity contribution in [3.05, 3.63) is 42.2 Å². The van der Waals surface area contributed by atoms with Crippen LogP contribution in [0, 0.1) is 0 Å². The Kier molecular flexibility index (Phi) is 2.47. The van der Waals surface area contributed by atoms with Crippen LogP contribution in [0.4, 0.5) is 0 Å². The summed E-state index contributed by atoms with van der Waals surface area (Å²) in [5.74, 6) is -2.39. The average Bonchev–Trinajstić information content (AvgIpc) is 2.81. The Bertz CT molecular complexity index is 517. The lowest BCUT2D eigenvalue weighted by Crippen LogP contribution is -2.12. The second-order valence-corrected chi connectivity index (χ2v) is 3.03. The summed E-state index contributed by atoms with van der Waals surface area (Å²) in [7, 11) is 0. The van der Waals surface area contributed by atoms with Gasteiger partial charge in [0, 0.05) is 5.56 Å². The first-order valence-electron chi connectivity index (χ1n) is 4.43. The fourth-order valence-corrected chi connectivity index (χ4v) is 1.23. The third kappa shape index (κ3) is 1.81. The van der Waals surface area contributed by atoms with Crippen molar-refractivity contribution in [1.29, 1.82) is 0 Å². The molecule has 0 saturated carbocycles. The third-order valence-corrected chi connectivity index (χ3v) is 2.01. The van der Waals surface area contributed by atoms with Gasteiger partial charge in [-0.2, -0.15) is 0 Å². The van der Waals surface area contributed by atoms with E-state index >= 15 is 0 Å². The number of carbonyl (C=O) groups excluding carboxylic acids is 1. The van der Waals surface area contributed by atoms with E-state index in [4.69, 9.17) is 5.11 Å². The maximum atomic E-state index is 11.1. The van der Waals surface area contributed by atoms with Gasteiger partial charge in [-0.3, -0.25) is 4.79 Å². The highest BCUT2D eigenvalue weighted by atomic mass is 16.4. The molecular formula is C10H7N3O3. The van der Waals surface area contributed by atoms with Crippen LogP contribution in [0.25, 0.3) is 5.69 Å². The first kappa shape index (κ1) is 10.0. The standard InChI is InChI=1S/C10H7N3O3/c14-9(10(15)16)7-1-3-8(4-2-7)13-6-5-11-12-13/h1-6H,(H,15,16). The van der Waals surface area contributed by atoms with Crippen LogP contribution < -0.4 is 0 Å². The van der Waals surface area contributed by atoms with E-state index in [2.05, 4.69) is 10.3 Å². The highest BCUT2D eigenvalue weighted by Crippen LogP contribution is 2.08. The molecule has 1 aromatic heterocycles. The maximum absolute atomic E-state index is 11.1. The number of hydrogen-bond donors (Lipinski definition) is 1. The molecule has 0 aliphatic carbocycles. The van der Waals surface area contributed by atoms with Crippen molar-refractivity contribution in [2.45, 2.75) is 0 Å². The summed E-state index contributed by atoms with van der Waals surface area (Å²) in [5.41, 5.74) is 0.843. The Morgan fingerprint density at radius 2 is 1.88 bits per heavy atom. The molecule has 0 spiro atoms. The maximum Gasteiger partial charge on any atom is 0.377 e. The van der Waals surface area contributed by atoms with Gasteiger partial charge in [0.1, 0.15) is 0 Å². The Hall–Kier alpha value is -2.50. The average molecular weight is 217 g/mol. The van der Waals surface area contributed by atoms with Gasteiger partial charge in [0.25, 0.3) is 5.78 Å². The molecule has 0 amide bonds. The van der Waals surface area contributed by atoms with Crippen LogP contribution in [0.1, 0.15) is 10.4 Å². The molecule has 16 heavy (non-hydrogen) atoms. The first-order chi connectivity index (χ1) is 7.68. The van der Waals surface area contributed by atoms with Gasteiger partial charge in [-0.25, -0.2) is 9.48 Å². The van der Waals surface area contributed by atoms with E-state index < -0.39 is 11.8 Å². The van der Waals surface area contributed by atoms with Crippen molar-refractivity contribution in [2.24, 2.45) is 0 Å². The van der Waals surface area contributed by atoms with Crippen molar-refractivity contribution in [3.8, 4) is 5.69 Å². The number of carboxylic acids is 1. The Labute approximate surface area is 90.1 Å². The summed E-state index contributed by atoms with van der Waals surface area (Å²) < 4.78 is 1.51. The second-order valence-electron chi connectivity index (χ2n) is 3.03. The minimum absolute atomic E-state index is 0.136. The number of aromatic nitrogens is 3. The van der Waals surface area contributed by atoms with Gasteiger partial charge < -0.3 is 5.11 Å². The molecule has 0 unspecified atom stereocenters. The number of Topliss-reactive ketones (excluding diaryl/α,β-unsaturated/α-hetero) is 1. The number of nitrogens with zero attached hydrogens (tertiary/aromatic N) is 3. The third-order valence-electron chi connectivity index (χ3n) is 2.01. The van der Waals surface area contributed by atoms with Crippen molar-refractivity contribution in [1.82, 2.24) is 15.0 Å². The molecule has 1 aromatic carbocycles. The fraction of sp³-hybridized carbons (Fsp3) is 0. The molecule has 1 N–H and O–H groups in total. The number of carboxylic acid groups (broad SMARTS) is 1. The molecule has 0 aliphatic heterocycles. The molecule has 6 nitrogen and oxygen atoms in total. The van der Waals surface area contributed by atoms with E-state index in [1.165, 1.54) is 23.0 Å². The summed E-state index contributed by atoms with van der Waals surface area (Å²) in [5, 5.41) is 15.9. The first-order valence-corrected chi connectivity index (χ1v) is 4.43. The van der Waals surface area contributed by atoms with Gasteiger partial charge in [-0.1, -0.05) is 5.21 Å². The zero-order valence-corrected chi connectivity index (χ0v) is 8.07. The molecule has 1 heterocycles. The van der Waals surface area contributed by atoms with Gasteiger partial charge in [-0.15, -0.1) is 5.10 Å². The highest BCUT2D eigenvalue weighted by molar-refractivity contribution is 6.39. The molecule has 0 atom stereocenters. The predicted octanol–water partition coefficient (Wildman–Crippen LogP) is 0.535. The zero-order chi connectivity index (χ0) is 11.5. The zero-order valence-electron chi connectivity index (χ0n) is 8.07. The normalized spacial score (nSPS) is 10.0. The number of rotatable bonds is 3. The molecule has 0 saturated heterocycles. The Morgan fingerprint density at radius 3 is 2.38 bits per heavy atom. The van der Waals surface area contributed by atoms with E-state index in [9.17, 15) is 9.59 Å². The van der Waals surface area contributed by atoms with Crippen LogP contribution in [0.3, 0.4) is 0 Å². The van der Waals surface area contributed by atoms with Gasteiger partial charge in [-0.05, 0) is 24.3 Å². The molecular weight excluding hydrogens is 210 g/mol. The van der Waals surface area contributed by atoms with Crippen LogP contribution in [0.5, 0.6) is 0 Å². The summed E-state index contributed by atoms with van der Waals surface area (Å²) in [6.07, 6.45) is 3.17. The molecule has 0 bridgehead atoms. The highest BCUT2D eigenvalue weighted by Gasteiger charge is 2.13. The molecule has 0 radical (unpaired) electrons. The van der Waals surface area contributed by atoms with Gasteiger partial charge in [0.05, 0.1) is 18.1 Å². The smallest absolute Gasteiger partial charge is 0.377 e. The van der Waals surface area contributed by atoms with Crippen LogP contribution in [-0.4, -0.2) is 31.9 Å². The molecule has 6 heteroatoms. The summed E-state index contributed by atoms with van der Waals surface area (Å²) in [4.78, 5) is 21.5. The monoisotopic (exact) mass is 217 g/mol. The lowest BCUT2D eigenvalue weighted by atomic mass is 10.1. The van der Waals surface area contributed by atoms with Crippen molar-refractivity contribution in [2.75, 3.05) is 0 Å². The largest absolute Gasteiger partial charge is 0.475 e. The van der Waals surface area contributed by atoms with Gasteiger partial charge >= 0.3 is 5.97 Å². The van der Waals surface area contributed by atoms with E-state index in [-0.39, 0.29) is 5.56 Å². The van der Waals surface area contributed by atoms with Crippen molar-refractivity contribution >= 4 is 11.8 Å². The van der Waals surface area contributed by atoms with Crippen molar-refractivity contribution < 1.29 is 14.7 Å².